The number of H-pyrrole nitrogens is 1. The molecule has 1 N–H and O–H groups in total. The molecule has 0 aliphatic carbocycles. The van der Waals surface area contributed by atoms with Crippen molar-refractivity contribution in [1.82, 2.24) is 20.2 Å². The molecule has 35 heavy (non-hydrogen) atoms. The molecule has 0 radical (unpaired) electrons. The van der Waals surface area contributed by atoms with Crippen LogP contribution in [-0.4, -0.2) is 20.2 Å². The largest absolute Gasteiger partial charge is 0.417 e. The summed E-state index contributed by atoms with van der Waals surface area (Å²) in [7, 11) is 0. The van der Waals surface area contributed by atoms with Crippen molar-refractivity contribution in [1.29, 1.82) is 0 Å². The molecule has 5 nitrogen and oxygen atoms in total. The van der Waals surface area contributed by atoms with Crippen molar-refractivity contribution in [3.05, 3.63) is 77.1 Å². The average molecular weight is 514 g/mol. The third kappa shape index (κ3) is 5.09. The van der Waals surface area contributed by atoms with E-state index in [4.69, 9.17) is 0 Å². The number of nitrogens with one attached hydrogen (secondary N) is 1. The monoisotopic (exact) mass is 514 g/mol. The fourth-order valence-electron chi connectivity index (χ4n) is 3.41. The highest BCUT2D eigenvalue weighted by atomic mass is 32.1. The van der Waals surface area contributed by atoms with Crippen LogP contribution in [0.1, 0.15) is 28.8 Å². The van der Waals surface area contributed by atoms with Gasteiger partial charge in [0.2, 0.25) is 5.52 Å². The molecule has 13 heteroatoms. The summed E-state index contributed by atoms with van der Waals surface area (Å²) >= 11 is 0.815. The van der Waals surface area contributed by atoms with Crippen LogP contribution in [0.15, 0.2) is 55.3 Å². The lowest BCUT2D eigenvalue weighted by atomic mass is 10.0. The number of nitrogens with zero attached hydrogens (tertiary/aromatic N) is 4. The summed E-state index contributed by atoms with van der Waals surface area (Å²) in [5, 5.41) is 7.77. The summed E-state index contributed by atoms with van der Waals surface area (Å²) < 4.78 is 94.4. The highest BCUT2D eigenvalue weighted by molar-refractivity contribution is 7.14. The van der Waals surface area contributed by atoms with Gasteiger partial charge in [0.1, 0.15) is 29.1 Å². The maximum Gasteiger partial charge on any atom is 0.417 e. The number of fused-ring (bicyclic) bond motifs is 1. The Labute approximate surface area is 197 Å². The summed E-state index contributed by atoms with van der Waals surface area (Å²) in [6.07, 6.45) is -5.27. The van der Waals surface area contributed by atoms with Gasteiger partial charge >= 0.3 is 12.4 Å². The molecule has 4 aromatic rings. The van der Waals surface area contributed by atoms with Gasteiger partial charge in [-0.05, 0) is 24.0 Å². The lowest BCUT2D eigenvalue weighted by molar-refractivity contribution is -0.689. The Bertz CT molecular complexity index is 1450. The van der Waals surface area contributed by atoms with Gasteiger partial charge in [0, 0.05) is 17.2 Å². The number of rotatable bonds is 5. The Morgan fingerprint density at radius 1 is 1.11 bits per heavy atom. The lowest BCUT2D eigenvalue weighted by Gasteiger charge is -2.14. The van der Waals surface area contributed by atoms with E-state index in [2.05, 4.69) is 26.7 Å². The summed E-state index contributed by atoms with van der Waals surface area (Å²) in [4.78, 5) is 7.30. The highest BCUT2D eigenvalue weighted by Gasteiger charge is 2.39. The zero-order valence-corrected chi connectivity index (χ0v) is 18.6. The van der Waals surface area contributed by atoms with E-state index in [9.17, 15) is 30.7 Å². The second kappa shape index (κ2) is 8.87. The molecule has 4 rings (SSSR count). The molecule has 0 spiro atoms. The van der Waals surface area contributed by atoms with Gasteiger partial charge in [-0.1, -0.05) is 30.1 Å². The number of hydrogen-bond donors (Lipinski definition) is 1. The Morgan fingerprint density at radius 2 is 1.86 bits per heavy atom. The van der Waals surface area contributed by atoms with E-state index < -0.39 is 34.9 Å². The summed E-state index contributed by atoms with van der Waals surface area (Å²) in [6, 6.07) is 3.03. The first kappa shape index (κ1) is 24.5. The molecule has 0 bridgehead atoms. The van der Waals surface area contributed by atoms with Gasteiger partial charge in [-0.25, -0.2) is 8.96 Å². The van der Waals surface area contributed by atoms with E-state index >= 15 is 0 Å². The van der Waals surface area contributed by atoms with Gasteiger partial charge in [-0.15, -0.1) is 10.2 Å². The zero-order chi connectivity index (χ0) is 25.5. The van der Waals surface area contributed by atoms with E-state index in [1.807, 2.05) is 0 Å². The summed E-state index contributed by atoms with van der Waals surface area (Å²) in [5.74, 6) is -0.616. The van der Waals surface area contributed by atoms with Crippen LogP contribution >= 0.6 is 11.3 Å². The Kier molecular flexibility index (Phi) is 6.21. The first-order valence-electron chi connectivity index (χ1n) is 9.87. The number of halogens is 7. The SMILES string of the molecule is C=C(F)C(=CC)c1cc2nc[n+](Cc3nnc(-c4ccc(C(F)(F)F)cc4C(F)(F)F)s3)cc2[nH]1. The quantitative estimate of drug-likeness (QED) is 0.192. The Balaban J connectivity index is 1.64. The van der Waals surface area contributed by atoms with Crippen molar-refractivity contribution in [2.24, 2.45) is 0 Å². The first-order chi connectivity index (χ1) is 16.4. The van der Waals surface area contributed by atoms with Crippen molar-refractivity contribution < 1.29 is 35.3 Å². The van der Waals surface area contributed by atoms with Crippen molar-refractivity contribution in [2.45, 2.75) is 25.8 Å². The van der Waals surface area contributed by atoms with Crippen LogP contribution < -0.4 is 4.57 Å². The molecule has 0 unspecified atom stereocenters. The molecule has 0 saturated carbocycles. The molecule has 0 atom stereocenters. The Morgan fingerprint density at radius 3 is 2.49 bits per heavy atom. The fraction of sp³-hybridized carbons (Fsp3) is 0.182. The van der Waals surface area contributed by atoms with Crippen LogP contribution in [0.5, 0.6) is 0 Å². The molecule has 3 aromatic heterocycles. The third-order valence-corrected chi connectivity index (χ3v) is 5.95. The zero-order valence-electron chi connectivity index (χ0n) is 17.8. The molecular weight excluding hydrogens is 499 g/mol. The predicted octanol–water partition coefficient (Wildman–Crippen LogP) is 6.34. The second-order valence-electron chi connectivity index (χ2n) is 7.39. The number of aromatic nitrogens is 5. The van der Waals surface area contributed by atoms with Crippen LogP contribution in [0.2, 0.25) is 0 Å². The smallest absolute Gasteiger partial charge is 0.348 e. The van der Waals surface area contributed by atoms with Gasteiger partial charge in [0.05, 0.1) is 16.8 Å². The first-order valence-corrected chi connectivity index (χ1v) is 10.7. The minimum absolute atomic E-state index is 0.0664. The topological polar surface area (TPSA) is 58.3 Å². The van der Waals surface area contributed by atoms with E-state index in [1.165, 1.54) is 6.33 Å². The van der Waals surface area contributed by atoms with Gasteiger partial charge in [0.25, 0.3) is 6.33 Å². The minimum atomic E-state index is -5.02. The predicted molar refractivity (Wildman–Crippen MR) is 115 cm³/mol. The van der Waals surface area contributed by atoms with E-state index in [1.54, 1.807) is 29.8 Å². The molecule has 3 heterocycles. The van der Waals surface area contributed by atoms with Gasteiger partial charge in [-0.2, -0.15) is 26.3 Å². The lowest BCUT2D eigenvalue weighted by Crippen LogP contribution is -2.34. The molecule has 1 aromatic carbocycles. The van der Waals surface area contributed by atoms with E-state index in [0.29, 0.717) is 27.8 Å². The molecule has 182 valence electrons. The number of benzene rings is 1. The molecule has 0 aliphatic rings. The minimum Gasteiger partial charge on any atom is -0.348 e. The van der Waals surface area contributed by atoms with Crippen LogP contribution in [0.3, 0.4) is 0 Å². The average Bonchev–Trinajstić information content (AvgIpc) is 3.39. The highest BCUT2D eigenvalue weighted by Crippen LogP contribution is 2.41. The third-order valence-electron chi connectivity index (χ3n) is 5.00. The van der Waals surface area contributed by atoms with Crippen molar-refractivity contribution >= 4 is 27.9 Å². The molecule has 0 amide bonds. The number of alkyl halides is 6. The van der Waals surface area contributed by atoms with E-state index in [0.717, 1.165) is 17.4 Å². The maximum absolute atomic E-state index is 13.6. The molecular formula is C22H15F7N5S+. The van der Waals surface area contributed by atoms with Gasteiger partial charge in [-0.3, -0.25) is 0 Å². The number of allylic oxidation sites excluding steroid dienone is 3. The summed E-state index contributed by atoms with van der Waals surface area (Å²) in [5.41, 5.74) is -1.48. The van der Waals surface area contributed by atoms with Crippen LogP contribution in [0.4, 0.5) is 30.7 Å². The fourth-order valence-corrected chi connectivity index (χ4v) is 4.30. The normalized spacial score (nSPS) is 13.0. The molecule has 0 fully saturated rings. The molecule has 0 saturated heterocycles. The van der Waals surface area contributed by atoms with Crippen molar-refractivity contribution in [2.75, 3.05) is 0 Å². The Hall–Kier alpha value is -3.61. The second-order valence-corrected chi connectivity index (χ2v) is 8.45. The van der Waals surface area contributed by atoms with Crippen LogP contribution in [-0.2, 0) is 18.9 Å². The van der Waals surface area contributed by atoms with Crippen molar-refractivity contribution in [3.63, 3.8) is 0 Å². The van der Waals surface area contributed by atoms with E-state index in [-0.39, 0.29) is 23.2 Å². The maximum atomic E-state index is 13.6. The number of hydrogen-bond acceptors (Lipinski definition) is 4. The van der Waals surface area contributed by atoms with Crippen LogP contribution in [0, 0.1) is 0 Å². The summed E-state index contributed by atoms with van der Waals surface area (Å²) in [6.45, 7) is 5.04. The number of aromatic amines is 1. The molecule has 0 aliphatic heterocycles. The van der Waals surface area contributed by atoms with Gasteiger partial charge in [0.15, 0.2) is 5.01 Å². The van der Waals surface area contributed by atoms with Crippen molar-refractivity contribution in [3.8, 4) is 10.6 Å². The van der Waals surface area contributed by atoms with Gasteiger partial charge < -0.3 is 4.98 Å². The standard InChI is InChI=1S/C22H14F7N5S/c1-3-13(11(2)23)16-7-17-18(31-16)8-34(10-30-17)9-19-32-33-20(35-19)14-5-4-12(21(24,25)26)6-15(14)22(27,28)29/h3-8,10H,2,9H2,1H3/p+1. The van der Waals surface area contributed by atoms with Crippen LogP contribution in [0.25, 0.3) is 27.2 Å².